The van der Waals surface area contributed by atoms with Gasteiger partial charge in [-0.3, -0.25) is 9.78 Å². The van der Waals surface area contributed by atoms with Crippen molar-refractivity contribution in [3.8, 4) is 6.07 Å². The molecule has 1 fully saturated rings. The van der Waals surface area contributed by atoms with Gasteiger partial charge in [0, 0.05) is 12.4 Å². The number of hydrogen-bond acceptors (Lipinski definition) is 3. The van der Waals surface area contributed by atoms with Crippen molar-refractivity contribution in [2.75, 3.05) is 0 Å². The fourth-order valence-corrected chi connectivity index (χ4v) is 2.63. The summed E-state index contributed by atoms with van der Waals surface area (Å²) in [7, 11) is 0. The number of rotatable bonds is 3. The molecule has 4 heteroatoms. The highest BCUT2D eigenvalue weighted by Crippen LogP contribution is 2.26. The highest BCUT2D eigenvalue weighted by molar-refractivity contribution is 5.94. The molecule has 1 saturated carbocycles. The summed E-state index contributed by atoms with van der Waals surface area (Å²) < 4.78 is 0. The number of nitrogens with zero attached hydrogens (tertiary/aromatic N) is 2. The number of amides is 1. The van der Waals surface area contributed by atoms with Gasteiger partial charge in [-0.15, -0.1) is 0 Å². The van der Waals surface area contributed by atoms with E-state index in [0.29, 0.717) is 11.5 Å². The summed E-state index contributed by atoms with van der Waals surface area (Å²) in [5.41, 5.74) is 1.47. The van der Waals surface area contributed by atoms with E-state index in [-0.39, 0.29) is 11.9 Å². The van der Waals surface area contributed by atoms with Crippen LogP contribution < -0.4 is 5.32 Å². The zero-order valence-corrected chi connectivity index (χ0v) is 11.2. The number of pyridine rings is 1. The Kier molecular flexibility index (Phi) is 4.51. The number of carbonyl (C=O) groups is 1. The third-order valence-corrected chi connectivity index (χ3v) is 3.68. The third kappa shape index (κ3) is 3.54. The Morgan fingerprint density at radius 2 is 2.16 bits per heavy atom. The second-order valence-electron chi connectivity index (χ2n) is 5.23. The molecular formula is C15H19N3O. The van der Waals surface area contributed by atoms with E-state index < -0.39 is 0 Å². The normalized spacial score (nSPS) is 17.5. The van der Waals surface area contributed by atoms with Crippen LogP contribution in [0.2, 0.25) is 0 Å². The molecule has 0 spiro atoms. The van der Waals surface area contributed by atoms with Gasteiger partial charge in [0.25, 0.3) is 5.91 Å². The summed E-state index contributed by atoms with van der Waals surface area (Å²) in [5.74, 6) is 0.0915. The molecule has 0 bridgehead atoms. The summed E-state index contributed by atoms with van der Waals surface area (Å²) in [5, 5.41) is 12.1. The van der Waals surface area contributed by atoms with Crippen molar-refractivity contribution in [1.82, 2.24) is 10.3 Å². The van der Waals surface area contributed by atoms with Crippen molar-refractivity contribution < 1.29 is 4.79 Å². The smallest absolute Gasteiger partial charge is 0.253 e. The summed E-state index contributed by atoms with van der Waals surface area (Å²) in [6, 6.07) is 3.64. The van der Waals surface area contributed by atoms with Crippen LogP contribution in [-0.2, 0) is 0 Å². The van der Waals surface area contributed by atoms with Crippen molar-refractivity contribution in [1.29, 1.82) is 5.26 Å². The van der Waals surface area contributed by atoms with Crippen molar-refractivity contribution in [2.45, 2.75) is 45.1 Å². The summed E-state index contributed by atoms with van der Waals surface area (Å²) in [6.07, 6.45) is 8.87. The Labute approximate surface area is 113 Å². The first-order valence-corrected chi connectivity index (χ1v) is 6.83. The molecule has 0 radical (unpaired) electrons. The van der Waals surface area contributed by atoms with Gasteiger partial charge in [0.05, 0.1) is 11.6 Å². The van der Waals surface area contributed by atoms with Gasteiger partial charge in [-0.1, -0.05) is 19.3 Å². The lowest BCUT2D eigenvalue weighted by atomic mass is 9.84. The largest absolute Gasteiger partial charge is 0.336 e. The monoisotopic (exact) mass is 257 g/mol. The van der Waals surface area contributed by atoms with Gasteiger partial charge in [-0.25, -0.2) is 0 Å². The molecule has 0 aliphatic heterocycles. The zero-order valence-electron chi connectivity index (χ0n) is 11.2. The van der Waals surface area contributed by atoms with Gasteiger partial charge in [-0.2, -0.15) is 5.26 Å². The standard InChI is InChI=1S/C15H19N3O/c1-11-7-13(10-17-9-11)15(19)18-14(8-16)12-5-3-2-4-6-12/h7,9-10,12,14H,2-6H2,1H3,(H,18,19). The number of hydrogen-bond donors (Lipinski definition) is 1. The number of aryl methyl sites for hydroxylation is 1. The van der Waals surface area contributed by atoms with Crippen LogP contribution in [0.1, 0.15) is 48.0 Å². The van der Waals surface area contributed by atoms with Crippen molar-refractivity contribution in [2.24, 2.45) is 5.92 Å². The second-order valence-corrected chi connectivity index (χ2v) is 5.23. The summed E-state index contributed by atoms with van der Waals surface area (Å²) in [6.45, 7) is 1.90. The molecule has 1 heterocycles. The van der Waals surface area contributed by atoms with E-state index in [1.165, 1.54) is 12.6 Å². The molecule has 4 nitrogen and oxygen atoms in total. The minimum atomic E-state index is -0.381. The Balaban J connectivity index is 2.02. The number of nitrogens with one attached hydrogen (secondary N) is 1. The molecule has 1 unspecified atom stereocenters. The number of nitriles is 1. The van der Waals surface area contributed by atoms with Crippen LogP contribution in [0.5, 0.6) is 0 Å². The minimum absolute atomic E-state index is 0.201. The van der Waals surface area contributed by atoms with Gasteiger partial charge in [0.1, 0.15) is 6.04 Å². The quantitative estimate of drug-likeness (QED) is 0.905. The highest BCUT2D eigenvalue weighted by atomic mass is 16.1. The van der Waals surface area contributed by atoms with E-state index in [0.717, 1.165) is 31.2 Å². The number of carbonyl (C=O) groups excluding carboxylic acids is 1. The lowest BCUT2D eigenvalue weighted by Gasteiger charge is -2.26. The predicted octanol–water partition coefficient (Wildman–Crippen LogP) is 2.59. The molecule has 19 heavy (non-hydrogen) atoms. The van der Waals surface area contributed by atoms with Gasteiger partial charge < -0.3 is 5.32 Å². The predicted molar refractivity (Wildman–Crippen MR) is 72.4 cm³/mol. The van der Waals surface area contributed by atoms with Crippen LogP contribution in [0.3, 0.4) is 0 Å². The summed E-state index contributed by atoms with van der Waals surface area (Å²) >= 11 is 0. The topological polar surface area (TPSA) is 65.8 Å². The average molecular weight is 257 g/mol. The zero-order chi connectivity index (χ0) is 13.7. The van der Waals surface area contributed by atoms with E-state index in [2.05, 4.69) is 16.4 Å². The minimum Gasteiger partial charge on any atom is -0.336 e. The summed E-state index contributed by atoms with van der Waals surface area (Å²) in [4.78, 5) is 16.1. The molecule has 2 rings (SSSR count). The molecule has 1 aliphatic rings. The Hall–Kier alpha value is -1.89. The van der Waals surface area contributed by atoms with Crippen molar-refractivity contribution in [3.63, 3.8) is 0 Å². The molecule has 0 aromatic carbocycles. The number of aromatic nitrogens is 1. The molecule has 0 saturated heterocycles. The molecule has 1 N–H and O–H groups in total. The lowest BCUT2D eigenvalue weighted by Crippen LogP contribution is -2.40. The Morgan fingerprint density at radius 1 is 1.42 bits per heavy atom. The molecule has 1 atom stereocenters. The van der Waals surface area contributed by atoms with E-state index in [4.69, 9.17) is 0 Å². The van der Waals surface area contributed by atoms with Crippen LogP contribution in [0, 0.1) is 24.2 Å². The fraction of sp³-hybridized carbons (Fsp3) is 0.533. The Morgan fingerprint density at radius 3 is 2.79 bits per heavy atom. The van der Waals surface area contributed by atoms with Crippen LogP contribution in [0.25, 0.3) is 0 Å². The van der Waals surface area contributed by atoms with Crippen molar-refractivity contribution >= 4 is 5.91 Å². The van der Waals surface area contributed by atoms with E-state index in [1.54, 1.807) is 12.3 Å². The van der Waals surface area contributed by atoms with E-state index in [9.17, 15) is 10.1 Å². The first-order valence-electron chi connectivity index (χ1n) is 6.83. The highest BCUT2D eigenvalue weighted by Gasteiger charge is 2.25. The van der Waals surface area contributed by atoms with E-state index in [1.807, 2.05) is 6.92 Å². The van der Waals surface area contributed by atoms with E-state index >= 15 is 0 Å². The van der Waals surface area contributed by atoms with Crippen LogP contribution >= 0.6 is 0 Å². The maximum absolute atomic E-state index is 12.1. The average Bonchev–Trinajstić information content (AvgIpc) is 2.45. The molecule has 1 aliphatic carbocycles. The van der Waals surface area contributed by atoms with Gasteiger partial charge in [0.2, 0.25) is 0 Å². The third-order valence-electron chi connectivity index (χ3n) is 3.68. The first-order chi connectivity index (χ1) is 9.20. The SMILES string of the molecule is Cc1cncc(C(=O)NC(C#N)C2CCCCC2)c1. The molecular weight excluding hydrogens is 238 g/mol. The van der Waals surface area contributed by atoms with Crippen LogP contribution in [0.4, 0.5) is 0 Å². The molecule has 1 amide bonds. The maximum Gasteiger partial charge on any atom is 0.253 e. The van der Waals surface area contributed by atoms with Gasteiger partial charge in [-0.05, 0) is 37.3 Å². The van der Waals surface area contributed by atoms with Crippen molar-refractivity contribution in [3.05, 3.63) is 29.6 Å². The Bertz CT molecular complexity index is 486. The second kappa shape index (κ2) is 6.33. The molecule has 1 aromatic rings. The maximum atomic E-state index is 12.1. The first kappa shape index (κ1) is 13.5. The lowest BCUT2D eigenvalue weighted by molar-refractivity contribution is 0.0928. The van der Waals surface area contributed by atoms with Gasteiger partial charge >= 0.3 is 0 Å². The molecule has 1 aromatic heterocycles. The molecule has 100 valence electrons. The van der Waals surface area contributed by atoms with Gasteiger partial charge in [0.15, 0.2) is 0 Å². The van der Waals surface area contributed by atoms with Crippen LogP contribution in [0.15, 0.2) is 18.5 Å². The fourth-order valence-electron chi connectivity index (χ4n) is 2.63. The van der Waals surface area contributed by atoms with Crippen LogP contribution in [-0.4, -0.2) is 16.9 Å².